The number of β-amino-alcohol motifs (C(OH)–C–C–N with tert-alkyl or cyclic N) is 1. The van der Waals surface area contributed by atoms with E-state index >= 15 is 0 Å². The summed E-state index contributed by atoms with van der Waals surface area (Å²) >= 11 is 0. The molecule has 1 aliphatic heterocycles. The number of fused-ring (bicyclic) bond motifs is 1. The normalized spacial score (nSPS) is 33.1. The lowest BCUT2D eigenvalue weighted by atomic mass is 9.71. The minimum absolute atomic E-state index is 0.397. The van der Waals surface area contributed by atoms with Gasteiger partial charge in [0.1, 0.15) is 0 Å². The van der Waals surface area contributed by atoms with Gasteiger partial charge in [-0.15, -0.1) is 0 Å². The zero-order valence-electron chi connectivity index (χ0n) is 13.1. The SMILES string of the molecule is CC(C)COC[C@H](O)CN1CC[C@@]2(O)CCCC[C@@H]2C1. The zero-order valence-corrected chi connectivity index (χ0v) is 13.1. The lowest BCUT2D eigenvalue weighted by Crippen LogP contribution is -2.54. The van der Waals surface area contributed by atoms with Crippen molar-refractivity contribution in [2.45, 2.75) is 57.7 Å². The molecule has 2 rings (SSSR count). The Morgan fingerprint density at radius 2 is 2.05 bits per heavy atom. The van der Waals surface area contributed by atoms with Crippen LogP contribution >= 0.6 is 0 Å². The summed E-state index contributed by atoms with van der Waals surface area (Å²) in [5, 5.41) is 20.7. The van der Waals surface area contributed by atoms with Gasteiger partial charge in [0.05, 0.1) is 18.3 Å². The fourth-order valence-corrected chi connectivity index (χ4v) is 3.60. The van der Waals surface area contributed by atoms with Gasteiger partial charge in [-0.1, -0.05) is 26.7 Å². The predicted octanol–water partition coefficient (Wildman–Crippen LogP) is 1.65. The summed E-state index contributed by atoms with van der Waals surface area (Å²) in [6.07, 6.45) is 4.94. The minimum Gasteiger partial charge on any atom is -0.390 e. The average Bonchev–Trinajstić information content (AvgIpc) is 2.38. The van der Waals surface area contributed by atoms with E-state index in [1.165, 1.54) is 12.8 Å². The number of aliphatic hydroxyl groups is 2. The lowest BCUT2D eigenvalue weighted by Gasteiger charge is -2.47. The van der Waals surface area contributed by atoms with Crippen molar-refractivity contribution >= 4 is 0 Å². The van der Waals surface area contributed by atoms with Crippen LogP contribution in [0.3, 0.4) is 0 Å². The molecule has 0 unspecified atom stereocenters. The van der Waals surface area contributed by atoms with Gasteiger partial charge in [-0.25, -0.2) is 0 Å². The van der Waals surface area contributed by atoms with Gasteiger partial charge in [-0.2, -0.15) is 0 Å². The highest BCUT2D eigenvalue weighted by molar-refractivity contribution is 4.95. The van der Waals surface area contributed by atoms with E-state index in [0.29, 0.717) is 31.6 Å². The first-order chi connectivity index (χ1) is 9.49. The van der Waals surface area contributed by atoms with E-state index < -0.39 is 11.7 Å². The minimum atomic E-state index is -0.423. The molecule has 4 nitrogen and oxygen atoms in total. The Kier molecular flexibility index (Phi) is 5.84. The summed E-state index contributed by atoms with van der Waals surface area (Å²) in [6.45, 7) is 7.85. The fourth-order valence-electron chi connectivity index (χ4n) is 3.60. The van der Waals surface area contributed by atoms with Crippen molar-refractivity contribution < 1.29 is 14.9 Å². The Balaban J connectivity index is 1.72. The van der Waals surface area contributed by atoms with Crippen molar-refractivity contribution in [2.24, 2.45) is 11.8 Å². The van der Waals surface area contributed by atoms with Gasteiger partial charge in [0.15, 0.2) is 0 Å². The second-order valence-corrected chi connectivity index (χ2v) is 7.14. The number of aliphatic hydroxyl groups excluding tert-OH is 1. The molecule has 1 saturated carbocycles. The van der Waals surface area contributed by atoms with Crippen LogP contribution in [0, 0.1) is 11.8 Å². The summed E-state index contributed by atoms with van der Waals surface area (Å²) < 4.78 is 5.50. The van der Waals surface area contributed by atoms with E-state index in [4.69, 9.17) is 4.74 Å². The highest BCUT2D eigenvalue weighted by Gasteiger charge is 2.42. The molecule has 2 fully saturated rings. The molecular weight excluding hydrogens is 254 g/mol. The maximum atomic E-state index is 10.6. The molecule has 1 aliphatic carbocycles. The molecule has 3 atom stereocenters. The van der Waals surface area contributed by atoms with Gasteiger partial charge in [0.25, 0.3) is 0 Å². The molecule has 1 saturated heterocycles. The monoisotopic (exact) mass is 285 g/mol. The Bertz CT molecular complexity index is 297. The molecule has 4 heteroatoms. The first kappa shape index (κ1) is 16.2. The molecule has 20 heavy (non-hydrogen) atoms. The van der Waals surface area contributed by atoms with E-state index in [2.05, 4.69) is 18.7 Å². The number of rotatable bonds is 6. The summed E-state index contributed by atoms with van der Waals surface area (Å²) in [5.74, 6) is 0.906. The number of piperidine rings is 1. The van der Waals surface area contributed by atoms with Crippen molar-refractivity contribution in [1.29, 1.82) is 0 Å². The van der Waals surface area contributed by atoms with E-state index in [-0.39, 0.29) is 0 Å². The number of hydrogen-bond donors (Lipinski definition) is 2. The van der Waals surface area contributed by atoms with Crippen LogP contribution in [0.5, 0.6) is 0 Å². The molecule has 0 aromatic carbocycles. The molecule has 0 radical (unpaired) electrons. The number of likely N-dealkylation sites (tertiary alicyclic amines) is 1. The van der Waals surface area contributed by atoms with Crippen LogP contribution in [0.2, 0.25) is 0 Å². The van der Waals surface area contributed by atoms with E-state index in [1.807, 2.05) is 0 Å². The van der Waals surface area contributed by atoms with Crippen LogP contribution in [-0.2, 0) is 4.74 Å². The number of hydrogen-bond acceptors (Lipinski definition) is 4. The highest BCUT2D eigenvalue weighted by Crippen LogP contribution is 2.39. The van der Waals surface area contributed by atoms with Crippen molar-refractivity contribution in [3.8, 4) is 0 Å². The number of ether oxygens (including phenoxy) is 1. The van der Waals surface area contributed by atoms with Gasteiger partial charge in [-0.3, -0.25) is 0 Å². The molecular formula is C16H31NO3. The van der Waals surface area contributed by atoms with Crippen molar-refractivity contribution in [3.63, 3.8) is 0 Å². The van der Waals surface area contributed by atoms with Crippen LogP contribution in [-0.4, -0.2) is 59.7 Å². The fraction of sp³-hybridized carbons (Fsp3) is 1.00. The van der Waals surface area contributed by atoms with Crippen LogP contribution in [0.15, 0.2) is 0 Å². The molecule has 0 aromatic heterocycles. The second-order valence-electron chi connectivity index (χ2n) is 7.14. The predicted molar refractivity (Wildman–Crippen MR) is 79.6 cm³/mol. The molecule has 0 spiro atoms. The van der Waals surface area contributed by atoms with Gasteiger partial charge in [0.2, 0.25) is 0 Å². The standard InChI is InChI=1S/C16H31NO3/c1-13(2)11-20-12-15(18)10-17-8-7-16(19)6-4-3-5-14(16)9-17/h13-15,18-19H,3-12H2,1-2H3/t14-,15-,16+/m1/s1. The Morgan fingerprint density at radius 3 is 2.80 bits per heavy atom. The molecule has 2 N–H and O–H groups in total. The largest absolute Gasteiger partial charge is 0.390 e. The Morgan fingerprint density at radius 1 is 1.25 bits per heavy atom. The van der Waals surface area contributed by atoms with E-state index in [9.17, 15) is 10.2 Å². The van der Waals surface area contributed by atoms with Gasteiger partial charge >= 0.3 is 0 Å². The second kappa shape index (κ2) is 7.21. The van der Waals surface area contributed by atoms with Gasteiger partial charge in [-0.05, 0) is 25.2 Å². The quantitative estimate of drug-likeness (QED) is 0.779. The molecule has 118 valence electrons. The Labute approximate surface area is 123 Å². The first-order valence-electron chi connectivity index (χ1n) is 8.20. The van der Waals surface area contributed by atoms with Crippen molar-refractivity contribution in [2.75, 3.05) is 32.8 Å². The third-order valence-electron chi connectivity index (χ3n) is 4.74. The lowest BCUT2D eigenvalue weighted by molar-refractivity contribution is -0.103. The Hall–Kier alpha value is -0.160. The maximum absolute atomic E-state index is 10.6. The maximum Gasteiger partial charge on any atom is 0.0900 e. The summed E-state index contributed by atoms with van der Waals surface area (Å²) in [7, 11) is 0. The topological polar surface area (TPSA) is 52.9 Å². The number of nitrogens with zero attached hydrogens (tertiary/aromatic N) is 1. The molecule has 0 aromatic rings. The smallest absolute Gasteiger partial charge is 0.0900 e. The van der Waals surface area contributed by atoms with Crippen LogP contribution in [0.4, 0.5) is 0 Å². The van der Waals surface area contributed by atoms with Crippen molar-refractivity contribution in [1.82, 2.24) is 4.90 Å². The summed E-state index contributed by atoms with van der Waals surface area (Å²) in [4.78, 5) is 2.30. The van der Waals surface area contributed by atoms with Gasteiger partial charge < -0.3 is 19.8 Å². The molecule has 0 amide bonds. The summed E-state index contributed by atoms with van der Waals surface area (Å²) in [6, 6.07) is 0. The van der Waals surface area contributed by atoms with Gasteiger partial charge in [0, 0.05) is 32.2 Å². The molecule has 1 heterocycles. The van der Waals surface area contributed by atoms with Crippen LogP contribution in [0.25, 0.3) is 0 Å². The van der Waals surface area contributed by atoms with Crippen molar-refractivity contribution in [3.05, 3.63) is 0 Å². The van der Waals surface area contributed by atoms with E-state index in [0.717, 1.165) is 32.4 Å². The average molecular weight is 285 g/mol. The summed E-state index contributed by atoms with van der Waals surface area (Å²) in [5.41, 5.74) is -0.423. The highest BCUT2D eigenvalue weighted by atomic mass is 16.5. The third-order valence-corrected chi connectivity index (χ3v) is 4.74. The van der Waals surface area contributed by atoms with Crippen LogP contribution in [0.1, 0.15) is 46.0 Å². The third kappa shape index (κ3) is 4.42. The zero-order chi connectivity index (χ0) is 14.6. The van der Waals surface area contributed by atoms with E-state index in [1.54, 1.807) is 0 Å². The molecule has 0 bridgehead atoms. The van der Waals surface area contributed by atoms with Crippen LogP contribution < -0.4 is 0 Å². The first-order valence-corrected chi connectivity index (χ1v) is 8.20. The molecule has 2 aliphatic rings.